The van der Waals surface area contributed by atoms with Crippen LogP contribution in [0.5, 0.6) is 17.8 Å². The smallest absolute Gasteiger partial charge is 0.319 e. The Hall–Kier alpha value is -6.83. The highest BCUT2D eigenvalue weighted by Gasteiger charge is 2.49. The molecule has 21 heteroatoms. The van der Waals surface area contributed by atoms with Gasteiger partial charge in [-0.05, 0) is 54.6 Å². The van der Waals surface area contributed by atoms with E-state index >= 15 is 4.39 Å². The van der Waals surface area contributed by atoms with E-state index in [2.05, 4.69) is 56.2 Å². The Bertz CT molecular complexity index is 3310. The quantitative estimate of drug-likeness (QED) is 0.0734. The summed E-state index contributed by atoms with van der Waals surface area (Å²) in [6, 6.07) is 18.3. The summed E-state index contributed by atoms with van der Waals surface area (Å²) in [6.07, 6.45) is 7.96. The van der Waals surface area contributed by atoms with Gasteiger partial charge in [0.2, 0.25) is 5.91 Å². The van der Waals surface area contributed by atoms with Gasteiger partial charge < -0.3 is 54.2 Å². The van der Waals surface area contributed by atoms with Crippen LogP contribution in [0.3, 0.4) is 0 Å². The number of rotatable bonds is 16. The molecule has 5 aliphatic heterocycles. The number of aliphatic hydroxyl groups excluding tert-OH is 1. The first-order valence-corrected chi connectivity index (χ1v) is 25.8. The Kier molecular flexibility index (Phi) is 13.8. The molecule has 3 aromatic carbocycles. The number of halogens is 3. The molecule has 0 spiro atoms. The van der Waals surface area contributed by atoms with Crippen LogP contribution >= 0.6 is 11.6 Å². The van der Waals surface area contributed by atoms with Gasteiger partial charge in [-0.15, -0.1) is 6.42 Å². The molecule has 12 rings (SSSR count). The van der Waals surface area contributed by atoms with Gasteiger partial charge in [0.15, 0.2) is 17.6 Å². The van der Waals surface area contributed by atoms with Gasteiger partial charge in [0, 0.05) is 93.6 Å². The average Bonchev–Trinajstić information content (AvgIpc) is 4.21. The standard InChI is InChI=1S/C54H54ClF2N11O7/c1-2-35-39(56)13-8-30-4-3-5-36(44(30)35)47-45(57)48-37(25-59-47)52(68-26-32-9-10-33(27-68)60-32)65-53(63-48)72-23-21-67-19-17-66(18-20-67)16-14-43(70)58-15-22-71-34-11-6-31(7-12-34)46-38(55)24-40-51(62-46)64-54(61-40)75-42-29-74-49-41(69)28-73-50(42)49/h1,3-8,11-13,24-25,32-33,41-42,49-50,60,69H,9-10,14-23,26-29H2,(H,58,70)(H,61,62,64)/t32?,33?,41-,42-,49-,50?/m1/s1. The summed E-state index contributed by atoms with van der Waals surface area (Å²) in [7, 11) is 0. The van der Waals surface area contributed by atoms with Crippen molar-refractivity contribution >= 4 is 56.2 Å². The van der Waals surface area contributed by atoms with Gasteiger partial charge in [-0.25, -0.2) is 13.8 Å². The van der Waals surface area contributed by atoms with E-state index in [0.29, 0.717) is 113 Å². The minimum Gasteiger partial charge on any atom is -0.492 e. The van der Waals surface area contributed by atoms with Gasteiger partial charge in [-0.1, -0.05) is 41.8 Å². The number of imidazole rings is 1. The Morgan fingerprint density at radius 3 is 2.49 bits per heavy atom. The molecular weight excluding hydrogens is 988 g/mol. The van der Waals surface area contributed by atoms with Crippen LogP contribution in [0.4, 0.5) is 14.6 Å². The minimum atomic E-state index is -0.676. The van der Waals surface area contributed by atoms with E-state index in [1.165, 1.54) is 6.07 Å². The zero-order valence-electron chi connectivity index (χ0n) is 40.8. The molecule has 1 amide bonds. The predicted octanol–water partition coefficient (Wildman–Crippen LogP) is 5.12. The molecule has 75 heavy (non-hydrogen) atoms. The summed E-state index contributed by atoms with van der Waals surface area (Å²) in [5.74, 6) is 2.37. The fourth-order valence-corrected chi connectivity index (χ4v) is 11.2. The summed E-state index contributed by atoms with van der Waals surface area (Å²) in [6.45, 7) is 7.23. The minimum absolute atomic E-state index is 0.0148. The number of ether oxygens (including phenoxy) is 5. The predicted molar refractivity (Wildman–Crippen MR) is 276 cm³/mol. The second-order valence-electron chi connectivity index (χ2n) is 19.6. The lowest BCUT2D eigenvalue weighted by Gasteiger charge is -2.34. The molecule has 4 N–H and O–H groups in total. The summed E-state index contributed by atoms with van der Waals surface area (Å²) in [4.78, 5) is 45.9. The number of aliphatic hydroxyl groups is 1. The molecule has 7 aromatic rings. The molecule has 18 nitrogen and oxygen atoms in total. The third kappa shape index (κ3) is 10.1. The number of benzene rings is 3. The number of terminal acetylenes is 1. The van der Waals surface area contributed by atoms with Crippen LogP contribution in [0.15, 0.2) is 66.9 Å². The third-order valence-electron chi connectivity index (χ3n) is 14.8. The summed E-state index contributed by atoms with van der Waals surface area (Å²) >= 11 is 6.65. The van der Waals surface area contributed by atoms with Gasteiger partial charge in [0.25, 0.3) is 6.01 Å². The largest absolute Gasteiger partial charge is 0.492 e. The van der Waals surface area contributed by atoms with Crippen molar-refractivity contribution in [1.29, 1.82) is 0 Å². The molecular formula is C54H54ClF2N11O7. The highest BCUT2D eigenvalue weighted by atomic mass is 35.5. The monoisotopic (exact) mass is 1040 g/mol. The van der Waals surface area contributed by atoms with Crippen LogP contribution in [0.2, 0.25) is 5.02 Å². The number of fused-ring (bicyclic) bond motifs is 6. The molecule has 0 saturated carbocycles. The highest BCUT2D eigenvalue weighted by Crippen LogP contribution is 2.38. The van der Waals surface area contributed by atoms with Crippen molar-refractivity contribution in [3.63, 3.8) is 0 Å². The number of nitrogens with zero attached hydrogens (tertiary/aromatic N) is 8. The van der Waals surface area contributed by atoms with E-state index in [1.807, 2.05) is 24.3 Å². The van der Waals surface area contributed by atoms with Crippen molar-refractivity contribution in [2.45, 2.75) is 55.8 Å². The number of piperazine rings is 2. The molecule has 9 heterocycles. The number of carbonyl (C=O) groups is 1. The van der Waals surface area contributed by atoms with E-state index in [9.17, 15) is 14.3 Å². The fraction of sp³-hybridized carbons (Fsp3) is 0.407. The molecule has 388 valence electrons. The van der Waals surface area contributed by atoms with E-state index in [-0.39, 0.29) is 60.6 Å². The first kappa shape index (κ1) is 49.1. The van der Waals surface area contributed by atoms with Gasteiger partial charge in [0.05, 0.1) is 46.9 Å². The first-order chi connectivity index (χ1) is 36.6. The van der Waals surface area contributed by atoms with Crippen molar-refractivity contribution in [2.24, 2.45) is 0 Å². The number of hydrogen-bond donors (Lipinski definition) is 4. The molecule has 2 bridgehead atoms. The van der Waals surface area contributed by atoms with E-state index in [0.717, 1.165) is 44.6 Å². The highest BCUT2D eigenvalue weighted by molar-refractivity contribution is 6.33. The number of pyridine rings is 2. The number of amides is 1. The third-order valence-corrected chi connectivity index (χ3v) is 15.1. The summed E-state index contributed by atoms with van der Waals surface area (Å²) < 4.78 is 61.3. The van der Waals surface area contributed by atoms with Gasteiger partial charge in [0.1, 0.15) is 60.1 Å². The van der Waals surface area contributed by atoms with Gasteiger partial charge >= 0.3 is 6.01 Å². The normalized spacial score (nSPS) is 22.7. The van der Waals surface area contributed by atoms with Crippen molar-refractivity contribution in [3.05, 3.63) is 89.1 Å². The van der Waals surface area contributed by atoms with Crippen molar-refractivity contribution in [3.8, 4) is 52.6 Å². The SMILES string of the molecule is C#Cc1c(F)ccc2cccc(-c3ncc4c(N5CC6CCC(C5)N6)nc(OCCN5CCN(CCC(=O)NCCOc6ccc(-c7nc8nc(O[C@@H]9CO[C@H]%10C9OC[C@H]%10O)[nH]c8cc7Cl)cc6)CC5)nc4c3F)c12. The number of aromatic amines is 1. The first-order valence-electron chi connectivity index (χ1n) is 25.4. The topological polar surface area (TPSA) is 197 Å². The Balaban J connectivity index is 0.603. The molecule has 5 aliphatic rings. The fourth-order valence-electron chi connectivity index (χ4n) is 10.9. The molecule has 6 atom stereocenters. The lowest BCUT2D eigenvalue weighted by molar-refractivity contribution is -0.121. The molecule has 5 fully saturated rings. The van der Waals surface area contributed by atoms with E-state index in [1.54, 1.807) is 36.5 Å². The Labute approximate surface area is 435 Å². The van der Waals surface area contributed by atoms with Crippen LogP contribution in [0.25, 0.3) is 55.4 Å². The molecule has 4 aromatic heterocycles. The van der Waals surface area contributed by atoms with Crippen LogP contribution < -0.4 is 29.7 Å². The maximum Gasteiger partial charge on any atom is 0.319 e. The number of hydrogen-bond acceptors (Lipinski definition) is 16. The second-order valence-corrected chi connectivity index (χ2v) is 20.0. The van der Waals surface area contributed by atoms with E-state index < -0.39 is 29.9 Å². The molecule has 5 saturated heterocycles. The Morgan fingerprint density at radius 2 is 1.69 bits per heavy atom. The number of H-pyrrole nitrogens is 1. The number of anilines is 1. The van der Waals surface area contributed by atoms with Crippen LogP contribution in [0, 0.1) is 24.0 Å². The van der Waals surface area contributed by atoms with Crippen LogP contribution in [-0.4, -0.2) is 173 Å². The number of aromatic nitrogens is 6. The average molecular weight is 1040 g/mol. The van der Waals surface area contributed by atoms with Crippen LogP contribution in [-0.2, 0) is 14.3 Å². The lowest BCUT2D eigenvalue weighted by Crippen LogP contribution is -2.51. The molecule has 0 radical (unpaired) electrons. The van der Waals surface area contributed by atoms with Crippen molar-refractivity contribution in [1.82, 2.24) is 50.3 Å². The zero-order chi connectivity index (χ0) is 51.2. The Morgan fingerprint density at radius 1 is 0.907 bits per heavy atom. The number of carbonyl (C=O) groups excluding carboxylic acids is 1. The summed E-state index contributed by atoms with van der Waals surface area (Å²) in [5, 5.41) is 18.6. The van der Waals surface area contributed by atoms with Gasteiger partial charge in [-0.2, -0.15) is 15.0 Å². The van der Waals surface area contributed by atoms with Gasteiger partial charge in [-0.3, -0.25) is 14.7 Å². The van der Waals surface area contributed by atoms with E-state index in [4.69, 9.17) is 46.7 Å². The maximum atomic E-state index is 16.9. The number of nitrogens with one attached hydrogen (secondary N) is 3. The van der Waals surface area contributed by atoms with Crippen LogP contribution in [0.1, 0.15) is 24.8 Å². The van der Waals surface area contributed by atoms with Crippen molar-refractivity contribution in [2.75, 3.05) is 90.2 Å². The van der Waals surface area contributed by atoms with Crippen molar-refractivity contribution < 1.29 is 42.4 Å². The summed E-state index contributed by atoms with van der Waals surface area (Å²) in [5.41, 5.74) is 2.88. The molecule has 3 unspecified atom stereocenters. The maximum absolute atomic E-state index is 16.9. The molecule has 0 aliphatic carbocycles. The second kappa shape index (κ2) is 21.1. The lowest BCUT2D eigenvalue weighted by atomic mass is 9.96. The zero-order valence-corrected chi connectivity index (χ0v) is 41.6.